The topological polar surface area (TPSA) is 82.3 Å². The van der Waals surface area contributed by atoms with Gasteiger partial charge in [-0.1, -0.05) is 12.1 Å². The summed E-state index contributed by atoms with van der Waals surface area (Å²) >= 11 is 1.15. The number of aromatic nitrogens is 2. The monoisotopic (exact) mass is 457 g/mol. The lowest BCUT2D eigenvalue weighted by molar-refractivity contribution is -0.116. The van der Waals surface area contributed by atoms with Crippen molar-refractivity contribution in [1.29, 1.82) is 0 Å². The fraction of sp³-hybridized carbons (Fsp3) is 0.136. The molecule has 0 aliphatic heterocycles. The van der Waals surface area contributed by atoms with Crippen LogP contribution in [0.25, 0.3) is 10.2 Å². The Morgan fingerprint density at radius 1 is 1.09 bits per heavy atom. The molecule has 2 aromatic heterocycles. The average molecular weight is 457 g/mol. The number of carbonyl (C=O) groups is 1. The number of anilines is 1. The zero-order chi connectivity index (χ0) is 22.8. The number of carbonyl (C=O) groups excluding carboxylic acids is 1. The zero-order valence-electron chi connectivity index (χ0n) is 16.8. The van der Waals surface area contributed by atoms with Crippen LogP contribution < -0.4 is 21.3 Å². The number of hydrogen-bond donors (Lipinski definition) is 1. The third-order valence-electron chi connectivity index (χ3n) is 4.82. The van der Waals surface area contributed by atoms with E-state index < -0.39 is 35.3 Å². The van der Waals surface area contributed by atoms with E-state index in [2.05, 4.69) is 5.32 Å². The van der Waals surface area contributed by atoms with Gasteiger partial charge in [-0.15, -0.1) is 11.3 Å². The molecule has 0 saturated carbocycles. The van der Waals surface area contributed by atoms with Crippen molar-refractivity contribution in [3.63, 3.8) is 0 Å². The lowest BCUT2D eigenvalue weighted by Crippen LogP contribution is -2.41. The molecule has 4 rings (SSSR count). The summed E-state index contributed by atoms with van der Waals surface area (Å²) in [5.41, 5.74) is -0.385. The van der Waals surface area contributed by atoms with Crippen molar-refractivity contribution in [1.82, 2.24) is 9.13 Å². The minimum Gasteiger partial charge on any atom is -0.497 e. The molecule has 0 radical (unpaired) electrons. The molecule has 4 aromatic rings. The van der Waals surface area contributed by atoms with Crippen LogP contribution in [0.4, 0.5) is 14.5 Å². The van der Waals surface area contributed by atoms with Crippen molar-refractivity contribution < 1.29 is 18.3 Å². The van der Waals surface area contributed by atoms with Crippen molar-refractivity contribution >= 4 is 33.1 Å². The van der Waals surface area contributed by atoms with Gasteiger partial charge in [0, 0.05) is 6.07 Å². The van der Waals surface area contributed by atoms with Crippen LogP contribution in [0.5, 0.6) is 5.75 Å². The minimum absolute atomic E-state index is 0.0169. The van der Waals surface area contributed by atoms with Gasteiger partial charge in [0.1, 0.15) is 28.6 Å². The van der Waals surface area contributed by atoms with Crippen molar-refractivity contribution in [2.75, 3.05) is 12.4 Å². The number of amides is 1. The number of halogens is 2. The van der Waals surface area contributed by atoms with E-state index in [-0.39, 0.29) is 12.2 Å². The molecule has 0 fully saturated rings. The van der Waals surface area contributed by atoms with Crippen LogP contribution >= 0.6 is 11.3 Å². The summed E-state index contributed by atoms with van der Waals surface area (Å²) < 4.78 is 34.7. The second-order valence-corrected chi connectivity index (χ2v) is 7.83. The Bertz CT molecular complexity index is 1440. The first-order chi connectivity index (χ1) is 15.4. The maximum Gasteiger partial charge on any atom is 0.332 e. The lowest BCUT2D eigenvalue weighted by atomic mass is 10.2. The van der Waals surface area contributed by atoms with Gasteiger partial charge in [0.05, 0.1) is 24.9 Å². The first-order valence-electron chi connectivity index (χ1n) is 9.46. The molecule has 0 saturated heterocycles. The highest BCUT2D eigenvalue weighted by Crippen LogP contribution is 2.18. The summed E-state index contributed by atoms with van der Waals surface area (Å²) in [4.78, 5) is 38.6. The molecular weight excluding hydrogens is 440 g/mol. The third kappa shape index (κ3) is 4.17. The second kappa shape index (κ2) is 8.75. The van der Waals surface area contributed by atoms with E-state index in [0.717, 1.165) is 32.6 Å². The highest BCUT2D eigenvalue weighted by Gasteiger charge is 2.17. The standard InChI is InChI=1S/C22H17F2N3O4S/c1-31-15-4-2-3-13(9-15)11-27-21(29)20-18(7-8-32-20)26(22(27)30)12-19(28)25-17-6-5-14(23)10-16(17)24/h2-10H,11-12H2,1H3,(H,25,28). The molecule has 0 aliphatic carbocycles. The summed E-state index contributed by atoms with van der Waals surface area (Å²) in [5.74, 6) is -1.83. The second-order valence-electron chi connectivity index (χ2n) is 6.92. The Labute approximate surface area is 184 Å². The van der Waals surface area contributed by atoms with Crippen molar-refractivity contribution in [3.05, 3.63) is 91.9 Å². The molecule has 2 heterocycles. The van der Waals surface area contributed by atoms with E-state index in [1.54, 1.807) is 35.7 Å². The van der Waals surface area contributed by atoms with Gasteiger partial charge < -0.3 is 10.1 Å². The average Bonchev–Trinajstić information content (AvgIpc) is 3.26. The molecule has 0 bridgehead atoms. The zero-order valence-corrected chi connectivity index (χ0v) is 17.6. The molecule has 32 heavy (non-hydrogen) atoms. The quantitative estimate of drug-likeness (QED) is 0.482. The lowest BCUT2D eigenvalue weighted by Gasteiger charge is -2.13. The van der Waals surface area contributed by atoms with Crippen LogP contribution in [0.2, 0.25) is 0 Å². The number of benzene rings is 2. The number of hydrogen-bond acceptors (Lipinski definition) is 5. The van der Waals surface area contributed by atoms with Crippen LogP contribution in [0.15, 0.2) is 63.5 Å². The van der Waals surface area contributed by atoms with E-state index >= 15 is 0 Å². The number of nitrogens with one attached hydrogen (secondary N) is 1. The summed E-state index contributed by atoms with van der Waals surface area (Å²) in [6.45, 7) is -0.474. The van der Waals surface area contributed by atoms with E-state index in [1.165, 1.54) is 7.11 Å². The molecule has 1 N–H and O–H groups in total. The Morgan fingerprint density at radius 3 is 2.66 bits per heavy atom. The Kier molecular flexibility index (Phi) is 5.87. The summed E-state index contributed by atoms with van der Waals surface area (Å²) in [6, 6.07) is 11.3. The van der Waals surface area contributed by atoms with Crippen molar-refractivity contribution in [3.8, 4) is 5.75 Å². The van der Waals surface area contributed by atoms with E-state index in [4.69, 9.17) is 4.74 Å². The van der Waals surface area contributed by atoms with Crippen LogP contribution in [0.3, 0.4) is 0 Å². The van der Waals surface area contributed by atoms with Crippen LogP contribution in [-0.4, -0.2) is 22.2 Å². The van der Waals surface area contributed by atoms with Crippen LogP contribution in [-0.2, 0) is 17.9 Å². The van der Waals surface area contributed by atoms with E-state index in [0.29, 0.717) is 27.6 Å². The summed E-state index contributed by atoms with van der Waals surface area (Å²) in [6.07, 6.45) is 0. The van der Waals surface area contributed by atoms with Gasteiger partial charge in [0.25, 0.3) is 5.56 Å². The molecule has 10 heteroatoms. The Morgan fingerprint density at radius 2 is 1.91 bits per heavy atom. The maximum absolute atomic E-state index is 13.9. The highest BCUT2D eigenvalue weighted by atomic mass is 32.1. The van der Waals surface area contributed by atoms with Gasteiger partial charge >= 0.3 is 5.69 Å². The van der Waals surface area contributed by atoms with Crippen LogP contribution in [0, 0.1) is 11.6 Å². The van der Waals surface area contributed by atoms with Crippen molar-refractivity contribution in [2.24, 2.45) is 0 Å². The highest BCUT2D eigenvalue weighted by molar-refractivity contribution is 7.17. The third-order valence-corrected chi connectivity index (χ3v) is 5.71. The molecule has 0 aliphatic rings. The summed E-state index contributed by atoms with van der Waals surface area (Å²) in [5, 5.41) is 3.98. The minimum atomic E-state index is -0.936. The molecule has 7 nitrogen and oxygen atoms in total. The number of thiophene rings is 1. The van der Waals surface area contributed by atoms with Gasteiger partial charge in [-0.3, -0.25) is 18.7 Å². The normalized spacial score (nSPS) is 11.0. The van der Waals surface area contributed by atoms with Gasteiger partial charge in [0.15, 0.2) is 0 Å². The molecule has 0 atom stereocenters. The smallest absolute Gasteiger partial charge is 0.332 e. The van der Waals surface area contributed by atoms with E-state index in [1.807, 2.05) is 0 Å². The van der Waals surface area contributed by atoms with Gasteiger partial charge in [-0.25, -0.2) is 13.6 Å². The number of methoxy groups -OCH3 is 1. The largest absolute Gasteiger partial charge is 0.497 e. The van der Waals surface area contributed by atoms with Gasteiger partial charge in [0.2, 0.25) is 5.91 Å². The number of nitrogens with zero attached hydrogens (tertiary/aromatic N) is 2. The maximum atomic E-state index is 13.9. The fourth-order valence-electron chi connectivity index (χ4n) is 3.30. The Hall–Kier alpha value is -3.79. The molecule has 2 aromatic carbocycles. The SMILES string of the molecule is COc1cccc(Cn2c(=O)c3sccc3n(CC(=O)Nc3ccc(F)cc3F)c2=O)c1. The van der Waals surface area contributed by atoms with Gasteiger partial charge in [-0.05, 0) is 41.3 Å². The predicted molar refractivity (Wildman–Crippen MR) is 117 cm³/mol. The van der Waals surface area contributed by atoms with Gasteiger partial charge in [-0.2, -0.15) is 0 Å². The molecule has 164 valence electrons. The molecule has 0 unspecified atom stereocenters. The number of fused-ring (bicyclic) bond motifs is 1. The van der Waals surface area contributed by atoms with E-state index in [9.17, 15) is 23.2 Å². The number of rotatable bonds is 6. The first-order valence-corrected chi connectivity index (χ1v) is 10.3. The predicted octanol–water partition coefficient (Wildman–Crippen LogP) is 3.20. The first kappa shape index (κ1) is 21.4. The fourth-order valence-corrected chi connectivity index (χ4v) is 4.15. The van der Waals surface area contributed by atoms with Crippen LogP contribution in [0.1, 0.15) is 5.56 Å². The summed E-state index contributed by atoms with van der Waals surface area (Å²) in [7, 11) is 1.51. The Balaban J connectivity index is 1.71. The molecule has 0 spiro atoms. The number of ether oxygens (including phenoxy) is 1. The van der Waals surface area contributed by atoms with Crippen molar-refractivity contribution in [2.45, 2.75) is 13.1 Å². The molecule has 1 amide bonds. The molecular formula is C22H17F2N3O4S.